The van der Waals surface area contributed by atoms with Crippen LogP contribution in [0.15, 0.2) is 12.1 Å². The molecule has 0 aliphatic rings. The lowest BCUT2D eigenvalue weighted by atomic mass is 10.0. The number of carbonyl (C=O) groups excluding carboxylic acids is 1. The molecule has 0 spiro atoms. The highest BCUT2D eigenvalue weighted by atomic mass is 79.9. The molecule has 0 aliphatic heterocycles. The molecule has 1 rings (SSSR count). The van der Waals surface area contributed by atoms with Gasteiger partial charge in [-0.15, -0.1) is 0 Å². The Hall–Kier alpha value is -0.900. The summed E-state index contributed by atoms with van der Waals surface area (Å²) in [5, 5.41) is 0.394. The zero-order valence-electron chi connectivity index (χ0n) is 8.64. The van der Waals surface area contributed by atoms with E-state index in [9.17, 15) is 9.18 Å². The quantitative estimate of drug-likeness (QED) is 0.626. The fourth-order valence-electron chi connectivity index (χ4n) is 1.38. The third-order valence-electron chi connectivity index (χ3n) is 2.13. The van der Waals surface area contributed by atoms with Crippen LogP contribution in [-0.2, 0) is 21.3 Å². The monoisotopic (exact) mass is 274 g/mol. The van der Waals surface area contributed by atoms with Crippen molar-refractivity contribution in [2.45, 2.75) is 18.7 Å². The van der Waals surface area contributed by atoms with Crippen LogP contribution < -0.4 is 0 Å². The van der Waals surface area contributed by atoms with Gasteiger partial charge in [0.05, 0.1) is 13.5 Å². The number of benzene rings is 1. The van der Waals surface area contributed by atoms with Crippen LogP contribution in [-0.4, -0.2) is 13.1 Å². The summed E-state index contributed by atoms with van der Waals surface area (Å²) in [6.07, 6.45) is 0.107. The summed E-state index contributed by atoms with van der Waals surface area (Å²) in [4.78, 5) is 11.1. The first-order valence-electron chi connectivity index (χ1n) is 4.49. The van der Waals surface area contributed by atoms with E-state index in [1.807, 2.05) is 0 Å². The van der Waals surface area contributed by atoms with E-state index in [1.54, 1.807) is 13.0 Å². The number of carbonyl (C=O) groups is 1. The largest absolute Gasteiger partial charge is 0.469 e. The van der Waals surface area contributed by atoms with E-state index in [0.29, 0.717) is 16.5 Å². The minimum absolute atomic E-state index is 0.107. The lowest BCUT2D eigenvalue weighted by molar-refractivity contribution is -0.139. The maximum atomic E-state index is 13.5. The molecule has 0 aromatic heterocycles. The summed E-state index contributed by atoms with van der Waals surface area (Å²) in [5.41, 5.74) is 2.00. The fourth-order valence-corrected chi connectivity index (χ4v) is 2.01. The molecule has 0 radical (unpaired) electrons. The molecule has 4 heteroatoms. The number of methoxy groups -OCH3 is 1. The molecule has 0 amide bonds. The van der Waals surface area contributed by atoms with Gasteiger partial charge < -0.3 is 4.74 Å². The minimum atomic E-state index is -0.359. The van der Waals surface area contributed by atoms with Gasteiger partial charge >= 0.3 is 5.97 Å². The summed E-state index contributed by atoms with van der Waals surface area (Å²) in [6, 6.07) is 3.26. The number of ether oxygens (including phenoxy) is 1. The molecule has 1 aromatic rings. The molecular weight excluding hydrogens is 263 g/mol. The van der Waals surface area contributed by atoms with Gasteiger partial charge in [0.25, 0.3) is 0 Å². The van der Waals surface area contributed by atoms with Crippen LogP contribution >= 0.6 is 15.9 Å². The van der Waals surface area contributed by atoms with Gasteiger partial charge in [0, 0.05) is 10.9 Å². The lowest BCUT2D eigenvalue weighted by Crippen LogP contribution is -2.08. The maximum Gasteiger partial charge on any atom is 0.309 e. The molecule has 0 heterocycles. The Bertz CT molecular complexity index is 377. The smallest absolute Gasteiger partial charge is 0.309 e. The Morgan fingerprint density at radius 1 is 1.53 bits per heavy atom. The zero-order chi connectivity index (χ0) is 11.4. The minimum Gasteiger partial charge on any atom is -0.469 e. The Morgan fingerprint density at radius 3 is 2.73 bits per heavy atom. The van der Waals surface area contributed by atoms with E-state index in [4.69, 9.17) is 0 Å². The second-order valence-electron chi connectivity index (χ2n) is 3.27. The molecule has 0 aliphatic carbocycles. The van der Waals surface area contributed by atoms with Crippen molar-refractivity contribution < 1.29 is 13.9 Å². The summed E-state index contributed by atoms with van der Waals surface area (Å²) in [6.45, 7) is 1.79. The highest BCUT2D eigenvalue weighted by Crippen LogP contribution is 2.20. The van der Waals surface area contributed by atoms with Gasteiger partial charge in [-0.3, -0.25) is 4.79 Å². The number of halogens is 2. The second-order valence-corrected chi connectivity index (χ2v) is 3.83. The summed E-state index contributed by atoms with van der Waals surface area (Å²) < 4.78 is 18.0. The topological polar surface area (TPSA) is 26.3 Å². The van der Waals surface area contributed by atoms with E-state index in [1.165, 1.54) is 13.2 Å². The Kier molecular flexibility index (Phi) is 4.27. The number of alkyl halides is 1. The third kappa shape index (κ3) is 3.02. The van der Waals surface area contributed by atoms with Crippen LogP contribution in [0.3, 0.4) is 0 Å². The van der Waals surface area contributed by atoms with E-state index >= 15 is 0 Å². The molecule has 0 bridgehead atoms. The summed E-state index contributed by atoms with van der Waals surface area (Å²) >= 11 is 3.20. The molecule has 0 unspecified atom stereocenters. The number of hydrogen-bond acceptors (Lipinski definition) is 2. The Balaban J connectivity index is 3.09. The molecule has 2 nitrogen and oxygen atoms in total. The van der Waals surface area contributed by atoms with Crippen molar-refractivity contribution in [2.75, 3.05) is 7.11 Å². The van der Waals surface area contributed by atoms with Crippen molar-refractivity contribution >= 4 is 21.9 Å². The average Bonchev–Trinajstić information content (AvgIpc) is 2.17. The second kappa shape index (κ2) is 5.26. The van der Waals surface area contributed by atoms with Crippen LogP contribution in [0, 0.1) is 12.7 Å². The van der Waals surface area contributed by atoms with Crippen LogP contribution in [0.1, 0.15) is 16.7 Å². The Morgan fingerprint density at radius 2 is 2.20 bits per heavy atom. The van der Waals surface area contributed by atoms with Crippen LogP contribution in [0.25, 0.3) is 0 Å². The first-order chi connectivity index (χ1) is 7.08. The van der Waals surface area contributed by atoms with Crippen molar-refractivity contribution in [1.82, 2.24) is 0 Å². The van der Waals surface area contributed by atoms with Gasteiger partial charge in [0.15, 0.2) is 0 Å². The SMILES string of the molecule is COC(=O)Cc1cc(C)cc(F)c1CBr. The molecule has 0 saturated carbocycles. The number of aryl methyl sites for hydroxylation is 1. The predicted octanol–water partition coefficient (Wildman–Crippen LogP) is 2.74. The first-order valence-corrected chi connectivity index (χ1v) is 5.61. The van der Waals surface area contributed by atoms with Gasteiger partial charge in [0.2, 0.25) is 0 Å². The van der Waals surface area contributed by atoms with E-state index in [2.05, 4.69) is 20.7 Å². The van der Waals surface area contributed by atoms with Crippen molar-refractivity contribution in [3.05, 3.63) is 34.6 Å². The number of esters is 1. The van der Waals surface area contributed by atoms with Gasteiger partial charge in [-0.2, -0.15) is 0 Å². The van der Waals surface area contributed by atoms with Crippen LogP contribution in [0.5, 0.6) is 0 Å². The van der Waals surface area contributed by atoms with Crippen molar-refractivity contribution in [2.24, 2.45) is 0 Å². The number of rotatable bonds is 3. The van der Waals surface area contributed by atoms with E-state index in [0.717, 1.165) is 5.56 Å². The molecule has 82 valence electrons. The van der Waals surface area contributed by atoms with Crippen LogP contribution in [0.2, 0.25) is 0 Å². The molecule has 0 saturated heterocycles. The van der Waals surface area contributed by atoms with Gasteiger partial charge in [-0.05, 0) is 24.1 Å². The molecule has 0 atom stereocenters. The molecule has 0 N–H and O–H groups in total. The van der Waals surface area contributed by atoms with Gasteiger partial charge in [-0.25, -0.2) is 4.39 Å². The zero-order valence-corrected chi connectivity index (χ0v) is 10.2. The normalized spacial score (nSPS) is 10.1. The van der Waals surface area contributed by atoms with Crippen molar-refractivity contribution in [3.8, 4) is 0 Å². The third-order valence-corrected chi connectivity index (χ3v) is 2.69. The van der Waals surface area contributed by atoms with E-state index in [-0.39, 0.29) is 18.2 Å². The molecule has 0 fully saturated rings. The fraction of sp³-hybridized carbons (Fsp3) is 0.364. The number of hydrogen-bond donors (Lipinski definition) is 0. The lowest BCUT2D eigenvalue weighted by Gasteiger charge is -2.08. The molecule has 15 heavy (non-hydrogen) atoms. The standard InChI is InChI=1S/C11H12BrFO2/c1-7-3-8(5-11(14)15-2)9(6-12)10(13)4-7/h3-4H,5-6H2,1-2H3. The highest BCUT2D eigenvalue weighted by molar-refractivity contribution is 9.08. The van der Waals surface area contributed by atoms with Gasteiger partial charge in [0.1, 0.15) is 5.82 Å². The summed E-state index contributed by atoms with van der Waals surface area (Å²) in [5.74, 6) is -0.645. The molecule has 1 aromatic carbocycles. The Labute approximate surface area is 96.6 Å². The molecular formula is C11H12BrFO2. The first kappa shape index (κ1) is 12.2. The summed E-state index contributed by atoms with van der Waals surface area (Å²) in [7, 11) is 1.32. The van der Waals surface area contributed by atoms with Crippen molar-refractivity contribution in [3.63, 3.8) is 0 Å². The van der Waals surface area contributed by atoms with Crippen molar-refractivity contribution in [1.29, 1.82) is 0 Å². The maximum absolute atomic E-state index is 13.5. The highest BCUT2D eigenvalue weighted by Gasteiger charge is 2.12. The predicted molar refractivity (Wildman–Crippen MR) is 59.5 cm³/mol. The average molecular weight is 275 g/mol. The van der Waals surface area contributed by atoms with Crippen LogP contribution in [0.4, 0.5) is 4.39 Å². The van der Waals surface area contributed by atoms with E-state index < -0.39 is 0 Å². The van der Waals surface area contributed by atoms with Gasteiger partial charge in [-0.1, -0.05) is 22.0 Å².